The largest absolute Gasteiger partial charge is 0.368 e. The summed E-state index contributed by atoms with van der Waals surface area (Å²) in [6.45, 7) is 9.05. The van der Waals surface area contributed by atoms with E-state index in [1.807, 2.05) is 0 Å². The number of aryl methyl sites for hydroxylation is 1. The molecule has 2 aliphatic rings. The van der Waals surface area contributed by atoms with Crippen LogP contribution in [0.25, 0.3) is 0 Å². The van der Waals surface area contributed by atoms with Crippen molar-refractivity contribution in [1.29, 1.82) is 0 Å². The van der Waals surface area contributed by atoms with E-state index in [0.717, 1.165) is 25.7 Å². The fourth-order valence-electron chi connectivity index (χ4n) is 3.34. The highest BCUT2D eigenvalue weighted by Gasteiger charge is 2.24. The molecule has 0 bridgehead atoms. The van der Waals surface area contributed by atoms with Crippen molar-refractivity contribution in [3.8, 4) is 0 Å². The predicted octanol–water partition coefficient (Wildman–Crippen LogP) is 2.78. The van der Waals surface area contributed by atoms with Crippen LogP contribution in [0.2, 0.25) is 0 Å². The van der Waals surface area contributed by atoms with Crippen molar-refractivity contribution in [1.82, 2.24) is 10.2 Å². The monoisotopic (exact) mass is 287 g/mol. The third kappa shape index (κ3) is 3.58. The Morgan fingerprint density at radius 1 is 1.24 bits per heavy atom. The number of likely N-dealkylation sites (N-methyl/N-ethyl adjacent to an activating group) is 1. The average molecular weight is 287 g/mol. The summed E-state index contributed by atoms with van der Waals surface area (Å²) in [6, 6.07) is 8.47. The Morgan fingerprint density at radius 2 is 2.05 bits per heavy atom. The molecule has 116 valence electrons. The summed E-state index contributed by atoms with van der Waals surface area (Å²) >= 11 is 0. The molecule has 1 N–H and O–H groups in total. The van der Waals surface area contributed by atoms with Gasteiger partial charge in [-0.3, -0.25) is 4.90 Å². The van der Waals surface area contributed by atoms with Crippen LogP contribution in [0.1, 0.15) is 37.3 Å². The van der Waals surface area contributed by atoms with Gasteiger partial charge in [0.05, 0.1) is 0 Å². The highest BCUT2D eigenvalue weighted by atomic mass is 15.3. The first-order chi connectivity index (χ1) is 10.2. The lowest BCUT2D eigenvalue weighted by molar-refractivity contribution is 0.213. The van der Waals surface area contributed by atoms with E-state index in [0.29, 0.717) is 6.04 Å². The lowest BCUT2D eigenvalue weighted by Gasteiger charge is -2.41. The van der Waals surface area contributed by atoms with Gasteiger partial charge in [-0.25, -0.2) is 0 Å². The van der Waals surface area contributed by atoms with Crippen molar-refractivity contribution in [2.75, 3.05) is 31.6 Å². The highest BCUT2D eigenvalue weighted by molar-refractivity contribution is 5.55. The van der Waals surface area contributed by atoms with Crippen LogP contribution >= 0.6 is 0 Å². The molecule has 1 saturated heterocycles. The number of benzene rings is 1. The van der Waals surface area contributed by atoms with Crippen molar-refractivity contribution in [2.24, 2.45) is 0 Å². The number of anilines is 1. The molecule has 3 rings (SSSR count). The molecule has 1 aliphatic heterocycles. The van der Waals surface area contributed by atoms with Gasteiger partial charge in [-0.05, 0) is 50.4 Å². The van der Waals surface area contributed by atoms with Gasteiger partial charge in [0, 0.05) is 44.0 Å². The second-order valence-corrected chi connectivity index (χ2v) is 6.76. The minimum absolute atomic E-state index is 0.689. The van der Waals surface area contributed by atoms with Crippen LogP contribution in [-0.2, 0) is 6.54 Å². The van der Waals surface area contributed by atoms with Crippen molar-refractivity contribution < 1.29 is 0 Å². The third-order valence-corrected chi connectivity index (χ3v) is 5.02. The predicted molar refractivity (Wildman–Crippen MR) is 90.0 cm³/mol. The van der Waals surface area contributed by atoms with Gasteiger partial charge in [0.25, 0.3) is 0 Å². The lowest BCUT2D eigenvalue weighted by Crippen LogP contribution is -2.51. The number of nitrogens with zero attached hydrogens (tertiary/aromatic N) is 2. The quantitative estimate of drug-likeness (QED) is 0.898. The van der Waals surface area contributed by atoms with Crippen LogP contribution in [0.4, 0.5) is 5.69 Å². The van der Waals surface area contributed by atoms with Crippen molar-refractivity contribution in [2.45, 2.75) is 51.7 Å². The fourth-order valence-corrected chi connectivity index (χ4v) is 3.34. The van der Waals surface area contributed by atoms with Crippen LogP contribution < -0.4 is 10.2 Å². The molecule has 0 amide bonds. The van der Waals surface area contributed by atoms with Crippen LogP contribution in [-0.4, -0.2) is 43.7 Å². The fraction of sp³-hybridized carbons (Fsp3) is 0.667. The van der Waals surface area contributed by atoms with E-state index in [2.05, 4.69) is 54.2 Å². The Kier molecular flexibility index (Phi) is 4.51. The van der Waals surface area contributed by atoms with E-state index < -0.39 is 0 Å². The van der Waals surface area contributed by atoms with Gasteiger partial charge in [0.2, 0.25) is 0 Å². The van der Waals surface area contributed by atoms with Crippen molar-refractivity contribution in [3.05, 3.63) is 29.3 Å². The zero-order chi connectivity index (χ0) is 14.8. The van der Waals surface area contributed by atoms with Gasteiger partial charge in [0.1, 0.15) is 0 Å². The third-order valence-electron chi connectivity index (χ3n) is 5.02. The molecule has 3 nitrogen and oxygen atoms in total. The lowest BCUT2D eigenvalue weighted by atomic mass is 10.1. The average Bonchev–Trinajstić information content (AvgIpc) is 3.30. The minimum atomic E-state index is 0.689. The van der Waals surface area contributed by atoms with Gasteiger partial charge in [-0.2, -0.15) is 0 Å². The van der Waals surface area contributed by atoms with Gasteiger partial charge in [-0.15, -0.1) is 0 Å². The summed E-state index contributed by atoms with van der Waals surface area (Å²) in [4.78, 5) is 5.07. The molecular weight excluding hydrogens is 258 g/mol. The van der Waals surface area contributed by atoms with Crippen LogP contribution in [0.3, 0.4) is 0 Å². The van der Waals surface area contributed by atoms with E-state index in [-0.39, 0.29) is 0 Å². The molecule has 3 heteroatoms. The first kappa shape index (κ1) is 14.9. The van der Waals surface area contributed by atoms with E-state index >= 15 is 0 Å². The topological polar surface area (TPSA) is 18.5 Å². The second-order valence-electron chi connectivity index (χ2n) is 6.76. The Bertz CT molecular complexity index is 481. The number of hydrogen-bond acceptors (Lipinski definition) is 3. The number of nitrogens with one attached hydrogen (secondary N) is 1. The normalized spacial score (nSPS) is 23.6. The molecule has 1 unspecified atom stereocenters. The Hall–Kier alpha value is -1.06. The first-order valence-corrected chi connectivity index (χ1v) is 8.45. The molecule has 21 heavy (non-hydrogen) atoms. The van der Waals surface area contributed by atoms with E-state index in [1.54, 1.807) is 0 Å². The van der Waals surface area contributed by atoms with Gasteiger partial charge < -0.3 is 10.2 Å². The van der Waals surface area contributed by atoms with E-state index in [4.69, 9.17) is 0 Å². The number of piperazine rings is 1. The molecule has 0 aromatic heterocycles. The molecule has 2 fully saturated rings. The van der Waals surface area contributed by atoms with Gasteiger partial charge in [-0.1, -0.05) is 19.1 Å². The Morgan fingerprint density at radius 3 is 2.71 bits per heavy atom. The number of rotatable bonds is 5. The smallest absolute Gasteiger partial charge is 0.0397 e. The molecule has 1 aromatic rings. The SMILES string of the molecule is CCC1CN(c2ccc(CNC3CC3)cc2C)CCN1C. The molecular formula is C18H29N3. The second kappa shape index (κ2) is 6.37. The van der Waals surface area contributed by atoms with Crippen LogP contribution in [0.15, 0.2) is 18.2 Å². The van der Waals surface area contributed by atoms with Crippen LogP contribution in [0, 0.1) is 6.92 Å². The molecule has 1 heterocycles. The standard InChI is InChI=1S/C18H29N3/c1-4-17-13-21(10-9-20(17)3)18-8-5-15(11-14(18)2)12-19-16-6-7-16/h5,8,11,16-17,19H,4,6-7,9-10,12-13H2,1-3H3. The zero-order valence-electron chi connectivity index (χ0n) is 13.7. The molecule has 0 radical (unpaired) electrons. The summed E-state index contributed by atoms with van der Waals surface area (Å²) in [5, 5.41) is 3.60. The summed E-state index contributed by atoms with van der Waals surface area (Å²) in [5.74, 6) is 0. The maximum atomic E-state index is 3.60. The summed E-state index contributed by atoms with van der Waals surface area (Å²) in [7, 11) is 2.25. The summed E-state index contributed by atoms with van der Waals surface area (Å²) in [6.07, 6.45) is 3.95. The zero-order valence-corrected chi connectivity index (χ0v) is 13.7. The maximum absolute atomic E-state index is 3.60. The Labute approximate surface area is 129 Å². The highest BCUT2D eigenvalue weighted by Crippen LogP contribution is 2.25. The Balaban J connectivity index is 1.66. The van der Waals surface area contributed by atoms with Crippen molar-refractivity contribution in [3.63, 3.8) is 0 Å². The van der Waals surface area contributed by atoms with Crippen molar-refractivity contribution >= 4 is 5.69 Å². The maximum Gasteiger partial charge on any atom is 0.0397 e. The van der Waals surface area contributed by atoms with Crippen LogP contribution in [0.5, 0.6) is 0 Å². The summed E-state index contributed by atoms with van der Waals surface area (Å²) < 4.78 is 0. The first-order valence-electron chi connectivity index (χ1n) is 8.45. The molecule has 1 atom stereocenters. The number of hydrogen-bond donors (Lipinski definition) is 1. The molecule has 1 saturated carbocycles. The van der Waals surface area contributed by atoms with Gasteiger partial charge in [0.15, 0.2) is 0 Å². The van der Waals surface area contributed by atoms with E-state index in [9.17, 15) is 0 Å². The molecule has 1 aromatic carbocycles. The molecule has 1 aliphatic carbocycles. The van der Waals surface area contributed by atoms with Gasteiger partial charge >= 0.3 is 0 Å². The van der Waals surface area contributed by atoms with E-state index in [1.165, 1.54) is 42.6 Å². The summed E-state index contributed by atoms with van der Waals surface area (Å²) in [5.41, 5.74) is 4.27. The molecule has 0 spiro atoms. The minimum Gasteiger partial charge on any atom is -0.368 e.